The first-order valence-electron chi connectivity index (χ1n) is 9.45. The maximum Gasteiger partial charge on any atom is 0.345 e. The first kappa shape index (κ1) is 21.0. The Hall–Kier alpha value is -3.28. The Kier molecular flexibility index (Phi) is 5.98. The predicted molar refractivity (Wildman–Crippen MR) is 120 cm³/mol. The molecule has 3 aromatic carbocycles. The van der Waals surface area contributed by atoms with E-state index in [9.17, 15) is 9.59 Å². The summed E-state index contributed by atoms with van der Waals surface area (Å²) in [5.74, 6) is 0.226. The molecule has 0 spiro atoms. The molecule has 0 aliphatic heterocycles. The molecule has 0 saturated carbocycles. The van der Waals surface area contributed by atoms with E-state index in [1.54, 1.807) is 12.1 Å². The number of carbonyl (C=O) groups is 1. The second-order valence-electron chi connectivity index (χ2n) is 6.66. The van der Waals surface area contributed by atoms with Crippen LogP contribution in [0.15, 0.2) is 76.1 Å². The van der Waals surface area contributed by atoms with Gasteiger partial charge in [0.1, 0.15) is 23.3 Å². The smallest absolute Gasteiger partial charge is 0.345 e. The van der Waals surface area contributed by atoms with E-state index >= 15 is 0 Å². The Labute approximate surface area is 187 Å². The molecule has 31 heavy (non-hydrogen) atoms. The monoisotopic (exact) mass is 454 g/mol. The van der Waals surface area contributed by atoms with Crippen molar-refractivity contribution in [3.05, 3.63) is 98.3 Å². The van der Waals surface area contributed by atoms with Gasteiger partial charge in [-0.25, -0.2) is 4.79 Å². The number of rotatable bonds is 5. The van der Waals surface area contributed by atoms with Crippen LogP contribution in [0.1, 0.15) is 22.8 Å². The van der Waals surface area contributed by atoms with Crippen LogP contribution in [-0.4, -0.2) is 5.97 Å². The highest BCUT2D eigenvalue weighted by molar-refractivity contribution is 6.36. The molecule has 0 atom stereocenters. The summed E-state index contributed by atoms with van der Waals surface area (Å²) in [6.07, 6.45) is 2.01. The lowest BCUT2D eigenvalue weighted by atomic mass is 10.1. The first-order chi connectivity index (χ1) is 15.0. The topological polar surface area (TPSA) is 65.7 Å². The van der Waals surface area contributed by atoms with E-state index in [0.717, 1.165) is 12.0 Å². The summed E-state index contributed by atoms with van der Waals surface area (Å²) in [4.78, 5) is 25.2. The normalized spacial score (nSPS) is 10.8. The lowest BCUT2D eigenvalue weighted by Crippen LogP contribution is -2.10. The van der Waals surface area contributed by atoms with Crippen molar-refractivity contribution in [1.29, 1.82) is 0 Å². The van der Waals surface area contributed by atoms with Crippen molar-refractivity contribution in [1.82, 2.24) is 0 Å². The maximum atomic E-state index is 12.8. The Morgan fingerprint density at radius 3 is 2.58 bits per heavy atom. The molecule has 0 fully saturated rings. The second-order valence-corrected chi connectivity index (χ2v) is 7.51. The minimum absolute atomic E-state index is 0.0751. The molecule has 0 aliphatic rings. The molecule has 0 N–H and O–H groups in total. The summed E-state index contributed by atoms with van der Waals surface area (Å²) in [6, 6.07) is 16.4. The fourth-order valence-electron chi connectivity index (χ4n) is 3.06. The van der Waals surface area contributed by atoms with Crippen LogP contribution in [0.5, 0.6) is 17.2 Å². The van der Waals surface area contributed by atoms with E-state index < -0.39 is 5.97 Å². The molecule has 1 heterocycles. The van der Waals surface area contributed by atoms with E-state index in [-0.39, 0.29) is 33.1 Å². The number of benzene rings is 3. The number of aryl methyl sites for hydroxylation is 1. The van der Waals surface area contributed by atoms with E-state index in [0.29, 0.717) is 16.2 Å². The summed E-state index contributed by atoms with van der Waals surface area (Å²) in [7, 11) is 0. The molecule has 0 aliphatic carbocycles. The highest BCUT2D eigenvalue weighted by atomic mass is 35.5. The Morgan fingerprint density at radius 1 is 1.00 bits per heavy atom. The van der Waals surface area contributed by atoms with Gasteiger partial charge in [-0.2, -0.15) is 0 Å². The van der Waals surface area contributed by atoms with Crippen molar-refractivity contribution in [3.63, 3.8) is 0 Å². The zero-order valence-electron chi connectivity index (χ0n) is 16.4. The largest absolute Gasteiger partial charge is 0.460 e. The van der Waals surface area contributed by atoms with Gasteiger partial charge in [0.05, 0.1) is 16.0 Å². The van der Waals surface area contributed by atoms with E-state index in [1.807, 2.05) is 25.1 Å². The summed E-state index contributed by atoms with van der Waals surface area (Å²) in [5.41, 5.74) is 1.08. The Bertz CT molecular complexity index is 1340. The van der Waals surface area contributed by atoms with Crippen LogP contribution < -0.4 is 14.9 Å². The van der Waals surface area contributed by atoms with Crippen LogP contribution in [-0.2, 0) is 6.42 Å². The first-order valence-corrected chi connectivity index (χ1v) is 10.2. The van der Waals surface area contributed by atoms with Crippen molar-refractivity contribution in [2.45, 2.75) is 13.3 Å². The van der Waals surface area contributed by atoms with E-state index in [2.05, 4.69) is 0 Å². The van der Waals surface area contributed by atoms with Gasteiger partial charge in [-0.05, 0) is 48.4 Å². The van der Waals surface area contributed by atoms with Gasteiger partial charge < -0.3 is 13.9 Å². The van der Waals surface area contributed by atoms with Gasteiger partial charge in [-0.1, -0.05) is 48.3 Å². The molecule has 0 bridgehead atoms. The van der Waals surface area contributed by atoms with Crippen molar-refractivity contribution in [2.24, 2.45) is 0 Å². The molecule has 0 unspecified atom stereocenters. The molecule has 0 saturated heterocycles. The maximum absolute atomic E-state index is 12.8. The number of carbonyl (C=O) groups excluding carboxylic acids is 1. The number of fused-ring (bicyclic) bond motifs is 1. The fourth-order valence-corrected chi connectivity index (χ4v) is 3.54. The van der Waals surface area contributed by atoms with E-state index in [4.69, 9.17) is 37.1 Å². The number of ether oxygens (including phenoxy) is 2. The lowest BCUT2D eigenvalue weighted by Gasteiger charge is -2.10. The quantitative estimate of drug-likeness (QED) is 0.248. The van der Waals surface area contributed by atoms with Crippen molar-refractivity contribution in [2.75, 3.05) is 0 Å². The Balaban J connectivity index is 1.61. The average molecular weight is 455 g/mol. The summed E-state index contributed by atoms with van der Waals surface area (Å²) < 4.78 is 16.7. The number of halogens is 2. The summed E-state index contributed by atoms with van der Waals surface area (Å²) >= 11 is 11.9. The second kappa shape index (κ2) is 8.84. The molecule has 1 aromatic heterocycles. The standard InChI is InChI=1S/C24H16Cl2O5/c1-2-14-5-3-4-6-20(14)31-22-13-29-21-12-16(8-10-18(21)23(22)27)30-24(28)17-9-7-15(25)11-19(17)26/h3-13H,2H2,1H3. The van der Waals surface area contributed by atoms with Crippen LogP contribution in [0.25, 0.3) is 11.0 Å². The van der Waals surface area contributed by atoms with Crippen LogP contribution in [0.2, 0.25) is 10.0 Å². The van der Waals surface area contributed by atoms with E-state index in [1.165, 1.54) is 36.6 Å². The molecular weight excluding hydrogens is 439 g/mol. The van der Waals surface area contributed by atoms with Crippen molar-refractivity contribution >= 4 is 40.1 Å². The molecule has 0 radical (unpaired) electrons. The SMILES string of the molecule is CCc1ccccc1Oc1coc2cc(OC(=O)c3ccc(Cl)cc3Cl)ccc2c1=O. The average Bonchev–Trinajstić information content (AvgIpc) is 2.76. The van der Waals surface area contributed by atoms with Crippen LogP contribution in [0.4, 0.5) is 0 Å². The highest BCUT2D eigenvalue weighted by Crippen LogP contribution is 2.27. The zero-order valence-corrected chi connectivity index (χ0v) is 17.9. The third-order valence-electron chi connectivity index (χ3n) is 4.65. The number of hydrogen-bond acceptors (Lipinski definition) is 5. The van der Waals surface area contributed by atoms with Crippen LogP contribution in [0.3, 0.4) is 0 Å². The number of hydrogen-bond donors (Lipinski definition) is 0. The van der Waals surface area contributed by atoms with Gasteiger partial charge in [0.2, 0.25) is 11.2 Å². The highest BCUT2D eigenvalue weighted by Gasteiger charge is 2.16. The molecular formula is C24H16Cl2O5. The predicted octanol–water partition coefficient (Wildman–Crippen LogP) is 6.67. The minimum atomic E-state index is -0.653. The van der Waals surface area contributed by atoms with Gasteiger partial charge in [0.25, 0.3) is 0 Å². The van der Waals surface area contributed by atoms with Crippen molar-refractivity contribution < 1.29 is 18.7 Å². The zero-order chi connectivity index (χ0) is 22.0. The molecule has 5 nitrogen and oxygen atoms in total. The Morgan fingerprint density at radius 2 is 1.81 bits per heavy atom. The van der Waals surface area contributed by atoms with Crippen LogP contribution in [0, 0.1) is 0 Å². The molecule has 4 rings (SSSR count). The third-order valence-corrected chi connectivity index (χ3v) is 5.20. The number of esters is 1. The number of para-hydroxylation sites is 1. The summed E-state index contributed by atoms with van der Waals surface area (Å²) in [6.45, 7) is 2.01. The van der Waals surface area contributed by atoms with Gasteiger partial charge in [-0.3, -0.25) is 4.79 Å². The van der Waals surface area contributed by atoms with Crippen LogP contribution >= 0.6 is 23.2 Å². The van der Waals surface area contributed by atoms with Crippen molar-refractivity contribution in [3.8, 4) is 17.2 Å². The summed E-state index contributed by atoms with van der Waals surface area (Å²) in [5, 5.41) is 0.892. The van der Waals surface area contributed by atoms with Gasteiger partial charge in [0.15, 0.2) is 0 Å². The molecule has 156 valence electrons. The third kappa shape index (κ3) is 4.43. The van der Waals surface area contributed by atoms with Gasteiger partial charge in [0, 0.05) is 11.1 Å². The van der Waals surface area contributed by atoms with Gasteiger partial charge in [-0.15, -0.1) is 0 Å². The fraction of sp³-hybridized carbons (Fsp3) is 0.0833. The molecule has 7 heteroatoms. The van der Waals surface area contributed by atoms with Gasteiger partial charge >= 0.3 is 5.97 Å². The minimum Gasteiger partial charge on any atom is -0.460 e. The lowest BCUT2D eigenvalue weighted by molar-refractivity contribution is 0.0735. The molecule has 0 amide bonds. The molecule has 4 aromatic rings.